The first-order valence-electron chi connectivity index (χ1n) is 9.00. The van der Waals surface area contributed by atoms with Crippen LogP contribution in [0.3, 0.4) is 0 Å². The van der Waals surface area contributed by atoms with Gasteiger partial charge in [0.05, 0.1) is 17.2 Å². The van der Waals surface area contributed by atoms with Crippen molar-refractivity contribution >= 4 is 52.4 Å². The Labute approximate surface area is 190 Å². The van der Waals surface area contributed by atoms with Gasteiger partial charge in [0.25, 0.3) is 0 Å². The highest BCUT2D eigenvalue weighted by atomic mass is 35.5. The van der Waals surface area contributed by atoms with E-state index >= 15 is 0 Å². The Balaban J connectivity index is 1.58. The van der Waals surface area contributed by atoms with Crippen LogP contribution in [-0.4, -0.2) is 18.4 Å². The molecule has 30 heavy (non-hydrogen) atoms. The smallest absolute Gasteiger partial charge is 0.228 e. The minimum atomic E-state index is 0.343. The van der Waals surface area contributed by atoms with Crippen LogP contribution in [0.4, 0.5) is 5.69 Å². The van der Waals surface area contributed by atoms with Gasteiger partial charge in [-0.3, -0.25) is 0 Å². The van der Waals surface area contributed by atoms with Crippen LogP contribution in [0, 0.1) is 0 Å². The molecule has 3 rings (SSSR count). The molecule has 0 aliphatic rings. The number of hydrogen-bond acceptors (Lipinski definition) is 3. The SMILES string of the molecule is COc1cc(C=[NH+]NC(=S)Nc2ccccc2)ccc1OCc1ccc(Cl)c(Cl)c1. The number of methoxy groups -OCH3 is 1. The van der Waals surface area contributed by atoms with E-state index < -0.39 is 0 Å². The second-order valence-electron chi connectivity index (χ2n) is 6.18. The van der Waals surface area contributed by atoms with Crippen LogP contribution in [0.5, 0.6) is 11.5 Å². The second-order valence-corrected chi connectivity index (χ2v) is 7.40. The summed E-state index contributed by atoms with van der Waals surface area (Å²) in [5.41, 5.74) is 5.60. The van der Waals surface area contributed by atoms with Gasteiger partial charge in [-0.05, 0) is 60.2 Å². The zero-order valence-electron chi connectivity index (χ0n) is 16.1. The minimum Gasteiger partial charge on any atom is -0.493 e. The van der Waals surface area contributed by atoms with E-state index in [1.54, 1.807) is 25.5 Å². The molecule has 0 unspecified atom stereocenters. The first kappa shape index (κ1) is 21.9. The van der Waals surface area contributed by atoms with Crippen LogP contribution >= 0.6 is 35.4 Å². The summed E-state index contributed by atoms with van der Waals surface area (Å²) in [5.74, 6) is 1.23. The zero-order chi connectivity index (χ0) is 21.3. The third kappa shape index (κ3) is 6.35. The lowest BCUT2D eigenvalue weighted by atomic mass is 10.2. The number of anilines is 1. The summed E-state index contributed by atoms with van der Waals surface area (Å²) in [6, 6.07) is 20.6. The van der Waals surface area contributed by atoms with Crippen molar-refractivity contribution in [2.75, 3.05) is 12.4 Å². The molecule has 3 aromatic rings. The molecule has 0 spiro atoms. The number of rotatable bonds is 7. The summed E-state index contributed by atoms with van der Waals surface area (Å²) in [6.07, 6.45) is 1.77. The number of thiocarbonyl (C=S) groups is 1. The van der Waals surface area contributed by atoms with Gasteiger partial charge in [-0.1, -0.05) is 47.5 Å². The monoisotopic (exact) mass is 460 g/mol. The molecular weight excluding hydrogens is 441 g/mol. The molecule has 0 aliphatic carbocycles. The van der Waals surface area contributed by atoms with Gasteiger partial charge in [0.15, 0.2) is 17.7 Å². The van der Waals surface area contributed by atoms with Crippen LogP contribution in [0.1, 0.15) is 11.1 Å². The van der Waals surface area contributed by atoms with Crippen molar-refractivity contribution in [1.29, 1.82) is 0 Å². The first-order valence-corrected chi connectivity index (χ1v) is 10.2. The summed E-state index contributed by atoms with van der Waals surface area (Å²) in [4.78, 5) is 0. The van der Waals surface area contributed by atoms with Crippen LogP contribution in [0.15, 0.2) is 66.7 Å². The van der Waals surface area contributed by atoms with Gasteiger partial charge in [0, 0.05) is 11.3 Å². The summed E-state index contributed by atoms with van der Waals surface area (Å²) in [7, 11) is 1.59. The van der Waals surface area contributed by atoms with Crippen LogP contribution in [0.2, 0.25) is 10.0 Å². The lowest BCUT2D eigenvalue weighted by molar-refractivity contribution is -0.499. The number of nitrogens with one attached hydrogen (secondary N) is 3. The molecule has 0 saturated heterocycles. The number of hydrazone groups is 1. The quantitative estimate of drug-likeness (QED) is 0.282. The topological polar surface area (TPSA) is 56.5 Å². The Bertz CT molecular complexity index is 1050. The Kier molecular flexibility index (Phi) is 7.90. The third-order valence-corrected chi connectivity index (χ3v) is 4.97. The van der Waals surface area contributed by atoms with Crippen molar-refractivity contribution in [3.63, 3.8) is 0 Å². The van der Waals surface area contributed by atoms with Crippen LogP contribution in [-0.2, 0) is 6.61 Å². The van der Waals surface area contributed by atoms with Crippen molar-refractivity contribution in [2.45, 2.75) is 6.61 Å². The molecule has 0 amide bonds. The first-order chi connectivity index (χ1) is 14.5. The van der Waals surface area contributed by atoms with E-state index in [1.165, 1.54) is 0 Å². The highest BCUT2D eigenvalue weighted by Gasteiger charge is 2.08. The molecule has 0 atom stereocenters. The number of benzene rings is 3. The van der Waals surface area contributed by atoms with E-state index in [0.717, 1.165) is 16.8 Å². The molecule has 0 aliphatic heterocycles. The highest BCUT2D eigenvalue weighted by molar-refractivity contribution is 7.80. The number of hydrogen-bond donors (Lipinski definition) is 3. The summed E-state index contributed by atoms with van der Waals surface area (Å²) < 4.78 is 11.3. The normalized spacial score (nSPS) is 10.6. The van der Waals surface area contributed by atoms with Crippen LogP contribution < -0.4 is 25.3 Å². The van der Waals surface area contributed by atoms with Gasteiger partial charge in [-0.25, -0.2) is 0 Å². The van der Waals surface area contributed by atoms with E-state index in [0.29, 0.717) is 33.3 Å². The molecule has 3 N–H and O–H groups in total. The molecular formula is C22H20Cl2N3O2S+. The maximum atomic E-state index is 6.05. The molecule has 5 nitrogen and oxygen atoms in total. The molecule has 0 bridgehead atoms. The molecule has 0 radical (unpaired) electrons. The molecule has 0 heterocycles. The Morgan fingerprint density at radius 1 is 1.00 bits per heavy atom. The average molecular weight is 461 g/mol. The summed E-state index contributed by atoms with van der Waals surface area (Å²) >= 11 is 17.2. The van der Waals surface area contributed by atoms with Gasteiger partial charge in [0.1, 0.15) is 6.61 Å². The maximum Gasteiger partial charge on any atom is 0.228 e. The van der Waals surface area contributed by atoms with E-state index in [-0.39, 0.29) is 0 Å². The van der Waals surface area contributed by atoms with Crippen molar-refractivity contribution in [1.82, 2.24) is 5.43 Å². The Morgan fingerprint density at radius 3 is 2.53 bits per heavy atom. The number of hydrazine groups is 1. The molecule has 0 saturated carbocycles. The maximum absolute atomic E-state index is 6.05. The minimum absolute atomic E-state index is 0.343. The largest absolute Gasteiger partial charge is 0.493 e. The van der Waals surface area contributed by atoms with E-state index in [9.17, 15) is 0 Å². The molecule has 0 aromatic heterocycles. The van der Waals surface area contributed by atoms with Crippen LogP contribution in [0.25, 0.3) is 0 Å². The van der Waals surface area contributed by atoms with E-state index in [4.69, 9.17) is 44.9 Å². The molecule has 0 fully saturated rings. The highest BCUT2D eigenvalue weighted by Crippen LogP contribution is 2.29. The van der Waals surface area contributed by atoms with Crippen molar-refractivity contribution < 1.29 is 14.6 Å². The third-order valence-electron chi connectivity index (χ3n) is 4.02. The van der Waals surface area contributed by atoms with E-state index in [2.05, 4.69) is 15.8 Å². The molecule has 154 valence electrons. The zero-order valence-corrected chi connectivity index (χ0v) is 18.4. The predicted molar refractivity (Wildman–Crippen MR) is 126 cm³/mol. The van der Waals surface area contributed by atoms with Crippen molar-refractivity contribution in [3.05, 3.63) is 87.9 Å². The predicted octanol–water partition coefficient (Wildman–Crippen LogP) is 3.98. The van der Waals surface area contributed by atoms with Gasteiger partial charge in [0.2, 0.25) is 5.11 Å². The number of ether oxygens (including phenoxy) is 2. The number of halogens is 2. The lowest BCUT2D eigenvalue weighted by Gasteiger charge is -2.11. The van der Waals surface area contributed by atoms with Gasteiger partial charge in [-0.15, -0.1) is 10.5 Å². The van der Waals surface area contributed by atoms with Gasteiger partial charge >= 0.3 is 0 Å². The fourth-order valence-electron chi connectivity index (χ4n) is 2.55. The van der Waals surface area contributed by atoms with Gasteiger partial charge < -0.3 is 14.8 Å². The Morgan fingerprint density at radius 2 is 1.80 bits per heavy atom. The van der Waals surface area contributed by atoms with E-state index in [1.807, 2.05) is 54.6 Å². The van der Waals surface area contributed by atoms with Gasteiger partial charge in [-0.2, -0.15) is 0 Å². The standard InChI is InChI=1S/C22H19Cl2N3O2S/c1-28-21-12-15(13-25-27-22(30)26-17-5-3-2-4-6-17)8-10-20(21)29-14-16-7-9-18(23)19(24)11-16/h2-13H,14H2,1H3,(H2,26,27,30)/p+1. The molecule has 8 heteroatoms. The molecule has 3 aromatic carbocycles. The number of para-hydroxylation sites is 1. The van der Waals surface area contributed by atoms with Crippen molar-refractivity contribution in [3.8, 4) is 11.5 Å². The fraction of sp³-hybridized carbons (Fsp3) is 0.0909. The second kappa shape index (κ2) is 10.8. The average Bonchev–Trinajstić information content (AvgIpc) is 2.75. The summed E-state index contributed by atoms with van der Waals surface area (Å²) in [5, 5.41) is 7.49. The fourth-order valence-corrected chi connectivity index (χ4v) is 3.05. The lowest BCUT2D eigenvalue weighted by Crippen LogP contribution is -2.82. The van der Waals surface area contributed by atoms with Crippen molar-refractivity contribution in [2.24, 2.45) is 0 Å². The Hall–Kier alpha value is -2.80. The summed E-state index contributed by atoms with van der Waals surface area (Å²) in [6.45, 7) is 0.343.